The molecule has 0 atom stereocenters. The molecule has 3 heteroatoms. The molecule has 0 heterocycles. The van der Waals surface area contributed by atoms with Gasteiger partial charge in [0.15, 0.2) is 0 Å². The van der Waals surface area contributed by atoms with Crippen LogP contribution in [0.1, 0.15) is 38.5 Å². The largest absolute Gasteiger partial charge is 0.493 e. The average molecular weight is 247 g/mol. The van der Waals surface area contributed by atoms with Gasteiger partial charge >= 0.3 is 0 Å². The summed E-state index contributed by atoms with van der Waals surface area (Å²) >= 11 is 0. The highest BCUT2D eigenvalue weighted by atomic mass is 16.5. The van der Waals surface area contributed by atoms with Gasteiger partial charge in [0.25, 0.3) is 0 Å². The molecule has 0 aromatic heterocycles. The Morgan fingerprint density at radius 1 is 1.17 bits per heavy atom. The average Bonchev–Trinajstić information content (AvgIpc) is 2.41. The number of rotatable bonds is 5. The normalized spacial score (nSPS) is 16.2. The molecule has 1 aliphatic rings. The van der Waals surface area contributed by atoms with Gasteiger partial charge in [-0.3, -0.25) is 4.79 Å². The number of amides is 1. The van der Waals surface area contributed by atoms with Crippen LogP contribution < -0.4 is 10.1 Å². The van der Waals surface area contributed by atoms with E-state index in [1.807, 2.05) is 30.3 Å². The third kappa shape index (κ3) is 4.40. The van der Waals surface area contributed by atoms with E-state index < -0.39 is 0 Å². The lowest BCUT2D eigenvalue weighted by molar-refractivity contribution is -0.122. The summed E-state index contributed by atoms with van der Waals surface area (Å²) in [6.45, 7) is 0.447. The number of para-hydroxylation sites is 1. The Morgan fingerprint density at radius 2 is 1.89 bits per heavy atom. The molecule has 0 unspecified atom stereocenters. The SMILES string of the molecule is O=C(CCOc1ccccc1)NC1CCCCC1. The third-order valence-corrected chi connectivity index (χ3v) is 3.31. The lowest BCUT2D eigenvalue weighted by atomic mass is 9.95. The zero-order chi connectivity index (χ0) is 12.6. The van der Waals surface area contributed by atoms with Gasteiger partial charge in [0.05, 0.1) is 13.0 Å². The van der Waals surface area contributed by atoms with Gasteiger partial charge in [-0.25, -0.2) is 0 Å². The predicted molar refractivity (Wildman–Crippen MR) is 71.6 cm³/mol. The van der Waals surface area contributed by atoms with E-state index in [0.717, 1.165) is 18.6 Å². The van der Waals surface area contributed by atoms with Crippen LogP contribution in [0.25, 0.3) is 0 Å². The summed E-state index contributed by atoms with van der Waals surface area (Å²) < 4.78 is 5.50. The van der Waals surface area contributed by atoms with Crippen LogP contribution in [-0.2, 0) is 4.79 Å². The first kappa shape index (κ1) is 12.9. The van der Waals surface area contributed by atoms with Crippen molar-refractivity contribution in [1.29, 1.82) is 0 Å². The van der Waals surface area contributed by atoms with Crippen LogP contribution in [0.2, 0.25) is 0 Å². The minimum Gasteiger partial charge on any atom is -0.493 e. The van der Waals surface area contributed by atoms with E-state index >= 15 is 0 Å². The summed E-state index contributed by atoms with van der Waals surface area (Å²) in [6, 6.07) is 10.00. The zero-order valence-electron chi connectivity index (χ0n) is 10.7. The van der Waals surface area contributed by atoms with Crippen LogP contribution in [0.15, 0.2) is 30.3 Å². The maximum atomic E-state index is 11.7. The van der Waals surface area contributed by atoms with Crippen molar-refractivity contribution in [3.8, 4) is 5.75 Å². The van der Waals surface area contributed by atoms with Gasteiger partial charge < -0.3 is 10.1 Å². The van der Waals surface area contributed by atoms with E-state index in [4.69, 9.17) is 4.74 Å². The first-order valence-corrected chi connectivity index (χ1v) is 6.82. The number of carbonyl (C=O) groups is 1. The molecule has 2 rings (SSSR count). The summed E-state index contributed by atoms with van der Waals surface area (Å²) in [5.41, 5.74) is 0. The van der Waals surface area contributed by atoms with Gasteiger partial charge in [-0.1, -0.05) is 37.5 Å². The van der Waals surface area contributed by atoms with Gasteiger partial charge in [0.1, 0.15) is 5.75 Å². The monoisotopic (exact) mass is 247 g/mol. The molecule has 0 radical (unpaired) electrons. The Hall–Kier alpha value is -1.51. The van der Waals surface area contributed by atoms with Gasteiger partial charge in [0.2, 0.25) is 5.91 Å². The van der Waals surface area contributed by atoms with E-state index in [0.29, 0.717) is 19.1 Å². The maximum absolute atomic E-state index is 11.7. The topological polar surface area (TPSA) is 38.3 Å². The Balaban J connectivity index is 1.62. The zero-order valence-corrected chi connectivity index (χ0v) is 10.7. The summed E-state index contributed by atoms with van der Waals surface area (Å²) in [4.78, 5) is 11.7. The van der Waals surface area contributed by atoms with E-state index in [1.165, 1.54) is 19.3 Å². The van der Waals surface area contributed by atoms with Crippen molar-refractivity contribution in [1.82, 2.24) is 5.32 Å². The molecule has 1 aromatic rings. The van der Waals surface area contributed by atoms with Crippen LogP contribution in [-0.4, -0.2) is 18.6 Å². The first-order valence-electron chi connectivity index (χ1n) is 6.82. The number of nitrogens with one attached hydrogen (secondary N) is 1. The molecule has 18 heavy (non-hydrogen) atoms. The highest BCUT2D eigenvalue weighted by molar-refractivity contribution is 5.76. The van der Waals surface area contributed by atoms with Gasteiger partial charge in [-0.05, 0) is 25.0 Å². The molecule has 1 amide bonds. The number of benzene rings is 1. The highest BCUT2D eigenvalue weighted by Crippen LogP contribution is 2.17. The van der Waals surface area contributed by atoms with Crippen molar-refractivity contribution in [3.05, 3.63) is 30.3 Å². The summed E-state index contributed by atoms with van der Waals surface area (Å²) in [6.07, 6.45) is 6.49. The van der Waals surface area contributed by atoms with Crippen molar-refractivity contribution in [2.75, 3.05) is 6.61 Å². The lowest BCUT2D eigenvalue weighted by Gasteiger charge is -2.22. The van der Waals surface area contributed by atoms with E-state index in [2.05, 4.69) is 5.32 Å². The summed E-state index contributed by atoms with van der Waals surface area (Å²) in [7, 11) is 0. The van der Waals surface area contributed by atoms with Crippen LogP contribution in [0.4, 0.5) is 0 Å². The predicted octanol–water partition coefficient (Wildman–Crippen LogP) is 2.90. The third-order valence-electron chi connectivity index (χ3n) is 3.31. The van der Waals surface area contributed by atoms with Gasteiger partial charge in [-0.15, -0.1) is 0 Å². The molecule has 0 aliphatic heterocycles. The number of carbonyl (C=O) groups excluding carboxylic acids is 1. The van der Waals surface area contributed by atoms with Gasteiger partial charge in [-0.2, -0.15) is 0 Å². The molecule has 1 fully saturated rings. The van der Waals surface area contributed by atoms with Crippen LogP contribution in [0.5, 0.6) is 5.75 Å². The Kier molecular flexibility index (Phi) is 5.06. The minimum atomic E-state index is 0.109. The molecule has 1 aromatic carbocycles. The number of hydrogen-bond donors (Lipinski definition) is 1. The van der Waals surface area contributed by atoms with E-state index in [1.54, 1.807) is 0 Å². The minimum absolute atomic E-state index is 0.109. The van der Waals surface area contributed by atoms with Gasteiger partial charge in [0, 0.05) is 6.04 Å². The molecule has 3 nitrogen and oxygen atoms in total. The fraction of sp³-hybridized carbons (Fsp3) is 0.533. The molecular formula is C15H21NO2. The molecule has 1 saturated carbocycles. The summed E-state index contributed by atoms with van der Waals surface area (Å²) in [5, 5.41) is 3.09. The van der Waals surface area contributed by atoms with Crippen molar-refractivity contribution < 1.29 is 9.53 Å². The smallest absolute Gasteiger partial charge is 0.223 e. The molecule has 0 bridgehead atoms. The van der Waals surface area contributed by atoms with Crippen molar-refractivity contribution in [2.24, 2.45) is 0 Å². The van der Waals surface area contributed by atoms with E-state index in [9.17, 15) is 4.79 Å². The molecule has 1 aliphatic carbocycles. The Morgan fingerprint density at radius 3 is 2.61 bits per heavy atom. The van der Waals surface area contributed by atoms with Crippen molar-refractivity contribution >= 4 is 5.91 Å². The van der Waals surface area contributed by atoms with Crippen molar-refractivity contribution in [2.45, 2.75) is 44.6 Å². The van der Waals surface area contributed by atoms with Crippen molar-refractivity contribution in [3.63, 3.8) is 0 Å². The van der Waals surface area contributed by atoms with Crippen LogP contribution in [0, 0.1) is 0 Å². The summed E-state index contributed by atoms with van der Waals surface area (Å²) in [5.74, 6) is 0.931. The van der Waals surface area contributed by atoms with E-state index in [-0.39, 0.29) is 5.91 Å². The van der Waals surface area contributed by atoms with Crippen LogP contribution >= 0.6 is 0 Å². The lowest BCUT2D eigenvalue weighted by Crippen LogP contribution is -2.36. The fourth-order valence-corrected chi connectivity index (χ4v) is 2.33. The first-order chi connectivity index (χ1) is 8.84. The molecular weight excluding hydrogens is 226 g/mol. The highest BCUT2D eigenvalue weighted by Gasteiger charge is 2.15. The second-order valence-corrected chi connectivity index (χ2v) is 4.81. The second kappa shape index (κ2) is 7.04. The fourth-order valence-electron chi connectivity index (χ4n) is 2.33. The Bertz CT molecular complexity index is 358. The number of hydrogen-bond acceptors (Lipinski definition) is 2. The standard InChI is InChI=1S/C15H21NO2/c17-15(16-13-7-3-1-4-8-13)11-12-18-14-9-5-2-6-10-14/h2,5-6,9-10,13H,1,3-4,7-8,11-12H2,(H,16,17). The Labute approximate surface area is 109 Å². The molecule has 0 spiro atoms. The molecule has 0 saturated heterocycles. The van der Waals surface area contributed by atoms with Crippen LogP contribution in [0.3, 0.4) is 0 Å². The maximum Gasteiger partial charge on any atom is 0.223 e. The quantitative estimate of drug-likeness (QED) is 0.868. The second-order valence-electron chi connectivity index (χ2n) is 4.81. The molecule has 1 N–H and O–H groups in total. The molecule has 98 valence electrons. The number of ether oxygens (including phenoxy) is 1.